The van der Waals surface area contributed by atoms with Crippen molar-refractivity contribution in [1.82, 2.24) is 9.97 Å². The van der Waals surface area contributed by atoms with Gasteiger partial charge in [0.2, 0.25) is 0 Å². The van der Waals surface area contributed by atoms with Gasteiger partial charge in [-0.3, -0.25) is 4.79 Å². The summed E-state index contributed by atoms with van der Waals surface area (Å²) in [5, 5.41) is 11.7. The first-order valence-electron chi connectivity index (χ1n) is 6.84. The number of ether oxygens (including phenoxy) is 1. The van der Waals surface area contributed by atoms with E-state index in [-0.39, 0.29) is 5.56 Å². The van der Waals surface area contributed by atoms with Gasteiger partial charge in [-0.25, -0.2) is 4.98 Å². The Labute approximate surface area is 136 Å². The zero-order valence-electron chi connectivity index (χ0n) is 12.6. The largest absolute Gasteiger partial charge is 0.496 e. The van der Waals surface area contributed by atoms with Crippen molar-refractivity contribution in [3.63, 3.8) is 0 Å². The van der Waals surface area contributed by atoms with Crippen LogP contribution in [0.5, 0.6) is 5.75 Å². The smallest absolute Gasteiger partial charge is 0.270 e. The number of nitriles is 1. The normalized spacial score (nSPS) is 10.5. The number of H-pyrrole nitrogens is 1. The summed E-state index contributed by atoms with van der Waals surface area (Å²) in [5.41, 5.74) is 0.534. The molecule has 0 saturated carbocycles. The third kappa shape index (κ3) is 2.56. The Hall–Kier alpha value is -2.78. The van der Waals surface area contributed by atoms with E-state index < -0.39 is 5.56 Å². The van der Waals surface area contributed by atoms with Crippen molar-refractivity contribution < 1.29 is 4.74 Å². The molecular formula is C17H13N3O2S. The monoisotopic (exact) mass is 323 g/mol. The maximum Gasteiger partial charge on any atom is 0.270 e. The lowest BCUT2D eigenvalue weighted by Crippen LogP contribution is -2.15. The summed E-state index contributed by atoms with van der Waals surface area (Å²) in [5.74, 6) is 0.574. The van der Waals surface area contributed by atoms with E-state index in [0.717, 1.165) is 10.8 Å². The Kier molecular flexibility index (Phi) is 4.04. The lowest BCUT2D eigenvalue weighted by Gasteiger charge is -2.13. The van der Waals surface area contributed by atoms with Gasteiger partial charge in [-0.2, -0.15) is 5.26 Å². The maximum atomic E-state index is 12.2. The minimum atomic E-state index is -0.447. The maximum absolute atomic E-state index is 12.2. The number of thioether (sulfide) groups is 1. The molecule has 23 heavy (non-hydrogen) atoms. The molecule has 6 heteroatoms. The molecule has 1 N–H and O–H groups in total. The molecular weight excluding hydrogens is 310 g/mol. The third-order valence-electron chi connectivity index (χ3n) is 3.55. The molecule has 0 saturated heterocycles. The van der Waals surface area contributed by atoms with Gasteiger partial charge >= 0.3 is 0 Å². The van der Waals surface area contributed by atoms with Crippen molar-refractivity contribution >= 4 is 22.5 Å². The van der Waals surface area contributed by atoms with E-state index in [2.05, 4.69) is 9.97 Å². The summed E-state index contributed by atoms with van der Waals surface area (Å²) in [4.78, 5) is 19.2. The first-order valence-corrected chi connectivity index (χ1v) is 8.06. The molecule has 2 aromatic carbocycles. The molecule has 0 unspecified atom stereocenters. The number of nitrogens with zero attached hydrogens (tertiary/aromatic N) is 2. The Morgan fingerprint density at radius 3 is 2.74 bits per heavy atom. The zero-order chi connectivity index (χ0) is 16.4. The van der Waals surface area contributed by atoms with Crippen LogP contribution in [-0.4, -0.2) is 23.3 Å². The van der Waals surface area contributed by atoms with Crippen LogP contribution in [0.3, 0.4) is 0 Å². The third-order valence-corrected chi connectivity index (χ3v) is 4.13. The number of rotatable bonds is 3. The summed E-state index contributed by atoms with van der Waals surface area (Å²) < 4.78 is 5.45. The number of benzene rings is 2. The molecule has 0 amide bonds. The highest BCUT2D eigenvalue weighted by Crippen LogP contribution is 2.37. The quantitative estimate of drug-likeness (QED) is 0.591. The predicted octanol–water partition coefficient (Wildman–Crippen LogP) is 3.19. The number of fused-ring (bicyclic) bond motifs is 1. The lowest BCUT2D eigenvalue weighted by atomic mass is 9.98. The van der Waals surface area contributed by atoms with Crippen LogP contribution in [0.2, 0.25) is 0 Å². The second-order valence-corrected chi connectivity index (χ2v) is 5.57. The molecule has 0 aliphatic carbocycles. The molecule has 114 valence electrons. The topological polar surface area (TPSA) is 78.8 Å². The van der Waals surface area contributed by atoms with Crippen molar-refractivity contribution in [2.45, 2.75) is 5.16 Å². The molecule has 0 aliphatic rings. The Balaban J connectivity index is 2.48. The first-order chi connectivity index (χ1) is 11.2. The molecule has 0 bridgehead atoms. The number of hydrogen-bond acceptors (Lipinski definition) is 5. The summed E-state index contributed by atoms with van der Waals surface area (Å²) in [6.07, 6.45) is 1.81. The van der Waals surface area contributed by atoms with Gasteiger partial charge in [-0.05, 0) is 23.1 Å². The molecule has 1 heterocycles. The minimum absolute atomic E-state index is 0.0162. The molecule has 0 spiro atoms. The highest BCUT2D eigenvalue weighted by Gasteiger charge is 2.19. The number of methoxy groups -OCH3 is 1. The molecule has 1 aromatic heterocycles. The van der Waals surface area contributed by atoms with Crippen LogP contribution >= 0.6 is 11.8 Å². The Morgan fingerprint density at radius 2 is 2.04 bits per heavy atom. The van der Waals surface area contributed by atoms with Crippen molar-refractivity contribution in [3.05, 3.63) is 52.3 Å². The van der Waals surface area contributed by atoms with Crippen LogP contribution in [0.4, 0.5) is 0 Å². The van der Waals surface area contributed by atoms with E-state index in [4.69, 9.17) is 4.74 Å². The van der Waals surface area contributed by atoms with Gasteiger partial charge < -0.3 is 9.72 Å². The summed E-state index contributed by atoms with van der Waals surface area (Å²) in [6, 6.07) is 13.4. The van der Waals surface area contributed by atoms with Gasteiger partial charge in [0.25, 0.3) is 5.56 Å². The highest BCUT2D eigenvalue weighted by atomic mass is 32.2. The molecule has 0 aliphatic heterocycles. The van der Waals surface area contributed by atoms with E-state index in [1.54, 1.807) is 7.11 Å². The average Bonchev–Trinajstić information content (AvgIpc) is 2.59. The van der Waals surface area contributed by atoms with Crippen LogP contribution in [-0.2, 0) is 0 Å². The van der Waals surface area contributed by atoms with Crippen molar-refractivity contribution in [1.29, 1.82) is 5.26 Å². The minimum Gasteiger partial charge on any atom is -0.496 e. The molecule has 3 aromatic rings. The molecule has 5 nitrogen and oxygen atoms in total. The fraction of sp³-hybridized carbons (Fsp3) is 0.118. The van der Waals surface area contributed by atoms with Crippen molar-refractivity contribution in [3.8, 4) is 23.1 Å². The molecule has 0 fully saturated rings. The first kappa shape index (κ1) is 15.1. The zero-order valence-corrected chi connectivity index (χ0v) is 13.4. The van der Waals surface area contributed by atoms with Crippen molar-refractivity contribution in [2.75, 3.05) is 13.4 Å². The van der Waals surface area contributed by atoms with Gasteiger partial charge in [0.05, 0.1) is 12.7 Å². The van der Waals surface area contributed by atoms with E-state index >= 15 is 0 Å². The highest BCUT2D eigenvalue weighted by molar-refractivity contribution is 7.98. The number of aromatic nitrogens is 2. The van der Waals surface area contributed by atoms with Gasteiger partial charge in [0, 0.05) is 0 Å². The van der Waals surface area contributed by atoms with Crippen LogP contribution in [0.25, 0.3) is 22.0 Å². The van der Waals surface area contributed by atoms with Crippen LogP contribution in [0.15, 0.2) is 46.3 Å². The molecule has 3 rings (SSSR count). The number of nitrogens with one attached hydrogen (secondary N) is 1. The van der Waals surface area contributed by atoms with Gasteiger partial charge in [-0.1, -0.05) is 42.1 Å². The second-order valence-electron chi connectivity index (χ2n) is 4.77. The van der Waals surface area contributed by atoms with Crippen LogP contribution < -0.4 is 10.3 Å². The van der Waals surface area contributed by atoms with E-state index in [1.165, 1.54) is 11.8 Å². The fourth-order valence-electron chi connectivity index (χ4n) is 2.50. The summed E-state index contributed by atoms with van der Waals surface area (Å²) in [6.45, 7) is 0. The fourth-order valence-corrected chi connectivity index (χ4v) is 2.88. The lowest BCUT2D eigenvalue weighted by molar-refractivity contribution is 0.417. The molecule has 0 atom stereocenters. The predicted molar refractivity (Wildman–Crippen MR) is 90.8 cm³/mol. The summed E-state index contributed by atoms with van der Waals surface area (Å²) in [7, 11) is 1.56. The average molecular weight is 323 g/mol. The summed E-state index contributed by atoms with van der Waals surface area (Å²) >= 11 is 1.31. The number of hydrogen-bond donors (Lipinski definition) is 1. The second kappa shape index (κ2) is 6.15. The molecule has 0 radical (unpaired) electrons. The SMILES string of the molecule is COc1ccc2ccccc2c1-c1nc(SC)[nH]c(=O)c1C#N. The Bertz CT molecular complexity index is 989. The van der Waals surface area contributed by atoms with Gasteiger partial charge in [0.15, 0.2) is 5.16 Å². The number of aromatic amines is 1. The van der Waals surface area contributed by atoms with E-state index in [9.17, 15) is 10.1 Å². The van der Waals surface area contributed by atoms with Gasteiger partial charge in [-0.15, -0.1) is 0 Å². The van der Waals surface area contributed by atoms with E-state index in [1.807, 2.05) is 48.7 Å². The van der Waals surface area contributed by atoms with Crippen LogP contribution in [0, 0.1) is 11.3 Å². The van der Waals surface area contributed by atoms with Gasteiger partial charge in [0.1, 0.15) is 23.1 Å². The van der Waals surface area contributed by atoms with Crippen LogP contribution in [0.1, 0.15) is 5.56 Å². The van der Waals surface area contributed by atoms with Crippen molar-refractivity contribution in [2.24, 2.45) is 0 Å². The standard InChI is InChI=1S/C17H13N3O2S/c1-22-13-8-7-10-5-3-4-6-11(10)14(13)15-12(9-18)16(21)20-17(19-15)23-2/h3-8H,1-2H3,(H,19,20,21). The van der Waals surface area contributed by atoms with E-state index in [0.29, 0.717) is 22.2 Å². The Morgan fingerprint density at radius 1 is 1.26 bits per heavy atom.